The number of hydrogen-bond acceptors (Lipinski definition) is 2. The van der Waals surface area contributed by atoms with Crippen molar-refractivity contribution in [1.29, 1.82) is 0 Å². The van der Waals surface area contributed by atoms with Crippen LogP contribution < -0.4 is 4.90 Å². The van der Waals surface area contributed by atoms with Gasteiger partial charge in [0.2, 0.25) is 0 Å². The van der Waals surface area contributed by atoms with Crippen molar-refractivity contribution in [3.8, 4) is 33.4 Å². The Morgan fingerprint density at radius 3 is 1.76 bits per heavy atom. The zero-order valence-electron chi connectivity index (χ0n) is 30.8. The smallest absolute Gasteiger partial charge is 0.136 e. The van der Waals surface area contributed by atoms with E-state index in [0.717, 1.165) is 33.6 Å². The zero-order chi connectivity index (χ0) is 36.7. The molecule has 0 saturated carbocycles. The fourth-order valence-electron chi connectivity index (χ4n) is 9.17. The summed E-state index contributed by atoms with van der Waals surface area (Å²) in [6.07, 6.45) is 0. The predicted octanol–water partition coefficient (Wildman–Crippen LogP) is 15.0. The lowest BCUT2D eigenvalue weighted by molar-refractivity contribution is 0.660. The predicted molar refractivity (Wildman–Crippen MR) is 232 cm³/mol. The van der Waals surface area contributed by atoms with E-state index < -0.39 is 0 Å². The van der Waals surface area contributed by atoms with Crippen LogP contribution in [0.1, 0.15) is 25.0 Å². The third kappa shape index (κ3) is 4.88. The fraction of sp³-hybridized carbons (Fsp3) is 0.0566. The van der Waals surface area contributed by atoms with Gasteiger partial charge in [-0.2, -0.15) is 0 Å². The number of nitrogens with zero attached hydrogens (tertiary/aromatic N) is 1. The minimum atomic E-state index is -0.105. The van der Waals surface area contributed by atoms with Gasteiger partial charge in [0.05, 0.1) is 0 Å². The van der Waals surface area contributed by atoms with Crippen LogP contribution in [0.3, 0.4) is 0 Å². The van der Waals surface area contributed by atoms with Crippen molar-refractivity contribution in [2.24, 2.45) is 0 Å². The summed E-state index contributed by atoms with van der Waals surface area (Å²) < 4.78 is 6.32. The molecule has 0 amide bonds. The first-order chi connectivity index (χ1) is 27.0. The quantitative estimate of drug-likeness (QED) is 0.177. The largest absolute Gasteiger partial charge is 0.456 e. The zero-order valence-corrected chi connectivity index (χ0v) is 30.8. The molecule has 0 atom stereocenters. The van der Waals surface area contributed by atoms with Gasteiger partial charge in [0.15, 0.2) is 0 Å². The van der Waals surface area contributed by atoms with E-state index in [1.807, 2.05) is 6.07 Å². The van der Waals surface area contributed by atoms with E-state index >= 15 is 0 Å². The van der Waals surface area contributed by atoms with Crippen LogP contribution in [0.5, 0.6) is 0 Å². The van der Waals surface area contributed by atoms with Gasteiger partial charge in [-0.25, -0.2) is 0 Å². The standard InChI is InChI=1S/C53H37NO/c1-53(2)47-19-7-5-15-44(47)45-31-30-40(33-48(45)53)54(38-26-21-35(22-27-38)42-17-9-12-34-11-3-4-14-41(34)42)39-28-23-36(24-29-39)43-18-10-13-37-25-32-50-52(51(37)43)46-16-6-8-20-49(46)55-50/h3-33H,1-2H3. The molecule has 1 aliphatic carbocycles. The van der Waals surface area contributed by atoms with E-state index in [9.17, 15) is 0 Å². The maximum atomic E-state index is 6.32. The molecule has 55 heavy (non-hydrogen) atoms. The van der Waals surface area contributed by atoms with Gasteiger partial charge in [0.1, 0.15) is 11.2 Å². The summed E-state index contributed by atoms with van der Waals surface area (Å²) in [5.74, 6) is 0. The Morgan fingerprint density at radius 2 is 0.964 bits per heavy atom. The summed E-state index contributed by atoms with van der Waals surface area (Å²) in [7, 11) is 0. The fourth-order valence-corrected chi connectivity index (χ4v) is 9.17. The number of fused-ring (bicyclic) bond motifs is 9. The van der Waals surface area contributed by atoms with E-state index in [1.165, 1.54) is 71.4 Å². The molecule has 11 rings (SSSR count). The Morgan fingerprint density at radius 1 is 0.382 bits per heavy atom. The Kier molecular flexibility index (Phi) is 6.93. The summed E-state index contributed by atoms with van der Waals surface area (Å²) in [5, 5.41) is 7.25. The van der Waals surface area contributed by atoms with Crippen molar-refractivity contribution in [2.45, 2.75) is 19.3 Å². The van der Waals surface area contributed by atoms with E-state index in [-0.39, 0.29) is 5.41 Å². The lowest BCUT2D eigenvalue weighted by Crippen LogP contribution is -2.16. The number of para-hydroxylation sites is 1. The number of benzene rings is 9. The molecule has 0 saturated heterocycles. The van der Waals surface area contributed by atoms with Crippen molar-refractivity contribution >= 4 is 60.5 Å². The SMILES string of the molecule is CC1(C)c2ccccc2-c2ccc(N(c3ccc(-c4cccc5ccccc45)cc3)c3ccc(-c4cccc5ccc6oc7ccccc7c6c45)cc3)cc21. The summed E-state index contributed by atoms with van der Waals surface area (Å²) in [6, 6.07) is 68.5. The molecule has 1 heterocycles. The Balaban J connectivity index is 1.06. The molecule has 2 heteroatoms. The van der Waals surface area contributed by atoms with Gasteiger partial charge in [-0.05, 0) is 109 Å². The number of rotatable bonds is 5. The molecule has 0 aliphatic heterocycles. The maximum absolute atomic E-state index is 6.32. The molecule has 1 aliphatic rings. The van der Waals surface area contributed by atoms with Gasteiger partial charge in [-0.3, -0.25) is 0 Å². The summed E-state index contributed by atoms with van der Waals surface area (Å²) >= 11 is 0. The summed E-state index contributed by atoms with van der Waals surface area (Å²) in [6.45, 7) is 4.70. The Bertz CT molecular complexity index is 3110. The molecular weight excluding hydrogens is 667 g/mol. The van der Waals surface area contributed by atoms with E-state index in [4.69, 9.17) is 4.42 Å². The maximum Gasteiger partial charge on any atom is 0.136 e. The van der Waals surface area contributed by atoms with Crippen molar-refractivity contribution in [3.05, 3.63) is 199 Å². The normalized spacial score (nSPS) is 13.1. The van der Waals surface area contributed by atoms with Gasteiger partial charge >= 0.3 is 0 Å². The number of anilines is 3. The highest BCUT2D eigenvalue weighted by Gasteiger charge is 2.35. The first-order valence-electron chi connectivity index (χ1n) is 19.1. The van der Waals surface area contributed by atoms with Crippen LogP contribution in [0, 0.1) is 0 Å². The average molecular weight is 704 g/mol. The minimum absolute atomic E-state index is 0.105. The number of furan rings is 1. The molecule has 260 valence electrons. The highest BCUT2D eigenvalue weighted by atomic mass is 16.3. The monoisotopic (exact) mass is 703 g/mol. The third-order valence-electron chi connectivity index (χ3n) is 11.9. The highest BCUT2D eigenvalue weighted by Crippen LogP contribution is 2.51. The average Bonchev–Trinajstić information content (AvgIpc) is 3.73. The van der Waals surface area contributed by atoms with Crippen LogP contribution in [-0.2, 0) is 5.41 Å². The van der Waals surface area contributed by atoms with Gasteiger partial charge in [0, 0.05) is 38.6 Å². The van der Waals surface area contributed by atoms with E-state index in [0.29, 0.717) is 0 Å². The molecule has 10 aromatic rings. The second-order valence-electron chi connectivity index (χ2n) is 15.3. The van der Waals surface area contributed by atoms with E-state index in [2.05, 4.69) is 201 Å². The van der Waals surface area contributed by atoms with Gasteiger partial charge < -0.3 is 9.32 Å². The van der Waals surface area contributed by atoms with Crippen LogP contribution in [0.2, 0.25) is 0 Å². The first kappa shape index (κ1) is 31.6. The molecule has 9 aromatic carbocycles. The topological polar surface area (TPSA) is 16.4 Å². The second kappa shape index (κ2) is 12.1. The molecule has 2 nitrogen and oxygen atoms in total. The van der Waals surface area contributed by atoms with Gasteiger partial charge in [0.25, 0.3) is 0 Å². The summed E-state index contributed by atoms with van der Waals surface area (Å²) in [5.41, 5.74) is 15.3. The van der Waals surface area contributed by atoms with Crippen molar-refractivity contribution in [3.63, 3.8) is 0 Å². The molecule has 0 spiro atoms. The highest BCUT2D eigenvalue weighted by molar-refractivity contribution is 6.22. The molecule has 0 unspecified atom stereocenters. The molecule has 0 bridgehead atoms. The van der Waals surface area contributed by atoms with Crippen molar-refractivity contribution in [2.75, 3.05) is 4.90 Å². The lowest BCUT2D eigenvalue weighted by atomic mass is 9.82. The molecular formula is C53H37NO. The van der Waals surface area contributed by atoms with Crippen molar-refractivity contribution < 1.29 is 4.42 Å². The Labute approximate surface area is 320 Å². The minimum Gasteiger partial charge on any atom is -0.456 e. The molecule has 0 N–H and O–H groups in total. The van der Waals surface area contributed by atoms with Crippen LogP contribution in [0.25, 0.3) is 76.9 Å². The van der Waals surface area contributed by atoms with Crippen LogP contribution >= 0.6 is 0 Å². The lowest BCUT2D eigenvalue weighted by Gasteiger charge is -2.28. The van der Waals surface area contributed by atoms with Gasteiger partial charge in [-0.15, -0.1) is 0 Å². The van der Waals surface area contributed by atoms with Crippen LogP contribution in [0.4, 0.5) is 17.1 Å². The molecule has 0 fully saturated rings. The summed E-state index contributed by atoms with van der Waals surface area (Å²) in [4.78, 5) is 2.40. The van der Waals surface area contributed by atoms with Crippen LogP contribution in [-0.4, -0.2) is 0 Å². The van der Waals surface area contributed by atoms with E-state index in [1.54, 1.807) is 0 Å². The number of hydrogen-bond donors (Lipinski definition) is 0. The molecule has 1 aromatic heterocycles. The van der Waals surface area contributed by atoms with Crippen molar-refractivity contribution in [1.82, 2.24) is 0 Å². The molecule has 0 radical (unpaired) electrons. The Hall–Kier alpha value is -6.90. The van der Waals surface area contributed by atoms with Crippen LogP contribution in [0.15, 0.2) is 192 Å². The van der Waals surface area contributed by atoms with Gasteiger partial charge in [-0.1, -0.05) is 153 Å². The second-order valence-corrected chi connectivity index (χ2v) is 15.3. The third-order valence-corrected chi connectivity index (χ3v) is 11.9. The first-order valence-corrected chi connectivity index (χ1v) is 19.1.